The normalized spacial score (nSPS) is 12.6. The minimum absolute atomic E-state index is 0.266. The molecule has 0 rings (SSSR count). The summed E-state index contributed by atoms with van der Waals surface area (Å²) in [5.41, 5.74) is 0. The molecule has 0 fully saturated rings. The quantitative estimate of drug-likeness (QED) is 0.551. The van der Waals surface area contributed by atoms with Gasteiger partial charge in [0.05, 0.1) is 0 Å². The topological polar surface area (TPSA) is 49.3 Å². The second-order valence-electron chi connectivity index (χ2n) is 4.19. The number of carboxylic acid groups (broad SMARTS) is 1. The van der Waals surface area contributed by atoms with Gasteiger partial charge < -0.3 is 10.4 Å². The van der Waals surface area contributed by atoms with Crippen LogP contribution in [0.4, 0.5) is 0 Å². The minimum Gasteiger partial charge on any atom is -0.481 e. The Morgan fingerprint density at radius 1 is 1.31 bits per heavy atom. The van der Waals surface area contributed by atoms with Crippen molar-refractivity contribution in [1.29, 1.82) is 0 Å². The van der Waals surface area contributed by atoms with Crippen LogP contribution in [0, 0.1) is 0 Å². The van der Waals surface area contributed by atoms with Crippen molar-refractivity contribution in [2.24, 2.45) is 0 Å². The molecule has 0 aromatic carbocycles. The molecule has 0 aliphatic heterocycles. The lowest BCUT2D eigenvalue weighted by Crippen LogP contribution is -2.27. The first-order valence-electron chi connectivity index (χ1n) is 6.11. The molecule has 0 amide bonds. The van der Waals surface area contributed by atoms with E-state index >= 15 is 0 Å². The van der Waals surface area contributed by atoms with Crippen LogP contribution in [0.15, 0.2) is 0 Å². The van der Waals surface area contributed by atoms with Gasteiger partial charge in [0.25, 0.3) is 0 Å². The van der Waals surface area contributed by atoms with Gasteiger partial charge in [0, 0.05) is 12.5 Å². The van der Waals surface area contributed by atoms with Gasteiger partial charge in [-0.25, -0.2) is 0 Å². The zero-order chi connectivity index (χ0) is 12.2. The van der Waals surface area contributed by atoms with Gasteiger partial charge in [-0.2, -0.15) is 11.8 Å². The summed E-state index contributed by atoms with van der Waals surface area (Å²) in [6, 6.07) is 0.322. The van der Waals surface area contributed by atoms with Crippen LogP contribution in [0.5, 0.6) is 0 Å². The van der Waals surface area contributed by atoms with Crippen LogP contribution in [0.3, 0.4) is 0 Å². The molecule has 4 heteroatoms. The minimum atomic E-state index is -0.703. The van der Waals surface area contributed by atoms with E-state index in [0.29, 0.717) is 6.04 Å². The Labute approximate surface area is 103 Å². The standard InChI is InChI=1S/C12H25NO2S/c1-11(7-8-12(14)15)13-9-5-3-4-6-10-16-2/h11,13H,3-10H2,1-2H3,(H,14,15). The number of carbonyl (C=O) groups is 1. The Kier molecular flexibility index (Phi) is 11.1. The van der Waals surface area contributed by atoms with E-state index in [9.17, 15) is 4.79 Å². The molecule has 1 atom stereocenters. The highest BCUT2D eigenvalue weighted by Gasteiger charge is 2.03. The number of rotatable bonds is 11. The maximum atomic E-state index is 10.4. The molecule has 0 bridgehead atoms. The van der Waals surface area contributed by atoms with Crippen molar-refractivity contribution >= 4 is 17.7 Å². The molecular weight excluding hydrogens is 222 g/mol. The zero-order valence-corrected chi connectivity index (χ0v) is 11.3. The molecule has 0 radical (unpaired) electrons. The lowest BCUT2D eigenvalue weighted by atomic mass is 10.1. The third-order valence-corrected chi connectivity index (χ3v) is 3.26. The molecular formula is C12H25NO2S. The van der Waals surface area contributed by atoms with Crippen LogP contribution in [-0.2, 0) is 4.79 Å². The fourth-order valence-electron chi connectivity index (χ4n) is 1.52. The van der Waals surface area contributed by atoms with Crippen molar-refractivity contribution in [3.63, 3.8) is 0 Å². The van der Waals surface area contributed by atoms with Crippen LogP contribution in [0.2, 0.25) is 0 Å². The highest BCUT2D eigenvalue weighted by molar-refractivity contribution is 7.98. The average molecular weight is 247 g/mol. The van der Waals surface area contributed by atoms with Crippen molar-refractivity contribution in [3.05, 3.63) is 0 Å². The molecule has 0 aliphatic rings. The molecule has 2 N–H and O–H groups in total. The first-order chi connectivity index (χ1) is 7.66. The van der Waals surface area contributed by atoms with Gasteiger partial charge in [0.1, 0.15) is 0 Å². The predicted octanol–water partition coefficient (Wildman–Crippen LogP) is 2.75. The van der Waals surface area contributed by atoms with Gasteiger partial charge in [-0.15, -0.1) is 0 Å². The van der Waals surface area contributed by atoms with E-state index in [0.717, 1.165) is 13.0 Å². The monoisotopic (exact) mass is 247 g/mol. The van der Waals surface area contributed by atoms with E-state index in [1.165, 1.54) is 31.4 Å². The predicted molar refractivity (Wildman–Crippen MR) is 71.2 cm³/mol. The zero-order valence-electron chi connectivity index (χ0n) is 10.5. The molecule has 0 spiro atoms. The smallest absolute Gasteiger partial charge is 0.303 e. The van der Waals surface area contributed by atoms with E-state index < -0.39 is 5.97 Å². The molecule has 3 nitrogen and oxygen atoms in total. The third kappa shape index (κ3) is 11.9. The van der Waals surface area contributed by atoms with Gasteiger partial charge in [-0.05, 0) is 44.7 Å². The SMILES string of the molecule is CSCCCCCCNC(C)CCC(=O)O. The average Bonchev–Trinajstić information content (AvgIpc) is 2.25. The molecule has 1 unspecified atom stereocenters. The molecule has 0 saturated carbocycles. The van der Waals surface area contributed by atoms with Gasteiger partial charge in [0.15, 0.2) is 0 Å². The summed E-state index contributed by atoms with van der Waals surface area (Å²) < 4.78 is 0. The summed E-state index contributed by atoms with van der Waals surface area (Å²) in [6.45, 7) is 3.07. The Hall–Kier alpha value is -0.220. The van der Waals surface area contributed by atoms with Crippen LogP contribution < -0.4 is 5.32 Å². The number of hydrogen-bond acceptors (Lipinski definition) is 3. The highest BCUT2D eigenvalue weighted by Crippen LogP contribution is 2.04. The molecule has 96 valence electrons. The lowest BCUT2D eigenvalue weighted by Gasteiger charge is -2.12. The number of unbranched alkanes of at least 4 members (excludes halogenated alkanes) is 3. The van der Waals surface area contributed by atoms with Crippen LogP contribution in [0.1, 0.15) is 45.4 Å². The Morgan fingerprint density at radius 2 is 2.00 bits per heavy atom. The summed E-state index contributed by atoms with van der Waals surface area (Å²) in [5.74, 6) is 0.563. The molecule has 16 heavy (non-hydrogen) atoms. The molecule has 0 aromatic heterocycles. The van der Waals surface area contributed by atoms with Crippen LogP contribution in [-0.4, -0.2) is 35.7 Å². The molecule has 0 saturated heterocycles. The second-order valence-corrected chi connectivity index (χ2v) is 5.18. The van der Waals surface area contributed by atoms with Gasteiger partial charge >= 0.3 is 5.97 Å². The van der Waals surface area contributed by atoms with E-state index in [-0.39, 0.29) is 6.42 Å². The highest BCUT2D eigenvalue weighted by atomic mass is 32.2. The van der Waals surface area contributed by atoms with E-state index in [2.05, 4.69) is 18.5 Å². The van der Waals surface area contributed by atoms with E-state index in [1.54, 1.807) is 0 Å². The summed E-state index contributed by atoms with van der Waals surface area (Å²) in [7, 11) is 0. The molecule has 0 heterocycles. The number of aliphatic carboxylic acids is 1. The number of hydrogen-bond donors (Lipinski definition) is 2. The van der Waals surface area contributed by atoms with Crippen LogP contribution in [0.25, 0.3) is 0 Å². The molecule has 0 aromatic rings. The third-order valence-electron chi connectivity index (χ3n) is 2.56. The van der Waals surface area contributed by atoms with Crippen molar-refractivity contribution in [3.8, 4) is 0 Å². The Bertz CT molecular complexity index is 176. The number of thioether (sulfide) groups is 1. The largest absolute Gasteiger partial charge is 0.481 e. The van der Waals surface area contributed by atoms with Crippen molar-refractivity contribution < 1.29 is 9.90 Å². The van der Waals surface area contributed by atoms with Crippen molar-refractivity contribution in [2.45, 2.75) is 51.5 Å². The summed E-state index contributed by atoms with van der Waals surface area (Å²) in [4.78, 5) is 10.4. The maximum absolute atomic E-state index is 10.4. The fourth-order valence-corrected chi connectivity index (χ4v) is 2.01. The lowest BCUT2D eigenvalue weighted by molar-refractivity contribution is -0.137. The van der Waals surface area contributed by atoms with Crippen LogP contribution >= 0.6 is 11.8 Å². The van der Waals surface area contributed by atoms with Gasteiger partial charge in [0.2, 0.25) is 0 Å². The van der Waals surface area contributed by atoms with Gasteiger partial charge in [-0.3, -0.25) is 4.79 Å². The summed E-state index contributed by atoms with van der Waals surface area (Å²) >= 11 is 1.91. The molecule has 0 aliphatic carbocycles. The van der Waals surface area contributed by atoms with E-state index in [1.807, 2.05) is 11.8 Å². The van der Waals surface area contributed by atoms with Crippen molar-refractivity contribution in [1.82, 2.24) is 5.32 Å². The Balaban J connectivity index is 3.15. The van der Waals surface area contributed by atoms with Crippen molar-refractivity contribution in [2.75, 3.05) is 18.6 Å². The summed E-state index contributed by atoms with van der Waals surface area (Å²) in [6.07, 6.45) is 8.24. The summed E-state index contributed by atoms with van der Waals surface area (Å²) in [5, 5.41) is 11.9. The fraction of sp³-hybridized carbons (Fsp3) is 0.917. The number of carboxylic acids is 1. The number of nitrogens with one attached hydrogen (secondary N) is 1. The maximum Gasteiger partial charge on any atom is 0.303 e. The first kappa shape index (κ1) is 15.8. The first-order valence-corrected chi connectivity index (χ1v) is 7.50. The van der Waals surface area contributed by atoms with E-state index in [4.69, 9.17) is 5.11 Å². The second kappa shape index (κ2) is 11.3. The van der Waals surface area contributed by atoms with Gasteiger partial charge in [-0.1, -0.05) is 12.8 Å². The Morgan fingerprint density at radius 3 is 2.62 bits per heavy atom.